The van der Waals surface area contributed by atoms with E-state index in [2.05, 4.69) is 24.3 Å². The predicted octanol–water partition coefficient (Wildman–Crippen LogP) is 5.04. The van der Waals surface area contributed by atoms with Crippen molar-refractivity contribution in [2.24, 2.45) is 5.10 Å². The summed E-state index contributed by atoms with van der Waals surface area (Å²) in [6, 6.07) is 23.1. The number of aromatic nitrogens is 3. The molecule has 0 saturated heterocycles. The third-order valence-corrected chi connectivity index (χ3v) is 7.68. The zero-order chi connectivity index (χ0) is 25.6. The van der Waals surface area contributed by atoms with Gasteiger partial charge in [-0.05, 0) is 65.9 Å². The maximum absolute atomic E-state index is 13.5. The highest BCUT2D eigenvalue weighted by Gasteiger charge is 2.49. The average Bonchev–Trinajstić information content (AvgIpc) is 3.58. The van der Waals surface area contributed by atoms with Crippen LogP contribution in [0.3, 0.4) is 0 Å². The van der Waals surface area contributed by atoms with E-state index < -0.39 is 0 Å². The number of fused-ring (bicyclic) bond motifs is 2. The van der Waals surface area contributed by atoms with Gasteiger partial charge in [0.15, 0.2) is 0 Å². The van der Waals surface area contributed by atoms with Crippen molar-refractivity contribution in [1.29, 1.82) is 0 Å². The van der Waals surface area contributed by atoms with E-state index in [4.69, 9.17) is 33.4 Å². The Morgan fingerprint density at radius 2 is 1.65 bits per heavy atom. The van der Waals surface area contributed by atoms with E-state index >= 15 is 0 Å². The lowest BCUT2D eigenvalue weighted by atomic mass is 9.75. The van der Waals surface area contributed by atoms with E-state index in [1.165, 1.54) is 20.4 Å². The SMILES string of the molecule is O=CCCn1c(N2C[C@@]3(CCc4ccccc43)C(c3ccc(Cl)cc3)=N2)nn(-c2ccc(Cl)cc2)c1=O. The highest BCUT2D eigenvalue weighted by molar-refractivity contribution is 6.31. The highest BCUT2D eigenvalue weighted by Crippen LogP contribution is 2.46. The van der Waals surface area contributed by atoms with Crippen LogP contribution in [0.5, 0.6) is 0 Å². The molecule has 3 aromatic carbocycles. The largest absolute Gasteiger partial charge is 0.352 e. The fraction of sp³-hybridized carbons (Fsp3) is 0.214. The van der Waals surface area contributed by atoms with Gasteiger partial charge in [-0.2, -0.15) is 9.78 Å². The van der Waals surface area contributed by atoms with Gasteiger partial charge in [-0.3, -0.25) is 4.57 Å². The van der Waals surface area contributed by atoms with Crippen molar-refractivity contribution in [2.75, 3.05) is 11.6 Å². The summed E-state index contributed by atoms with van der Waals surface area (Å²) in [5.74, 6) is 0.398. The first kappa shape index (κ1) is 23.7. The summed E-state index contributed by atoms with van der Waals surface area (Å²) in [5, 5.41) is 12.8. The van der Waals surface area contributed by atoms with E-state index in [1.807, 2.05) is 29.3 Å². The number of hydrogen-bond acceptors (Lipinski definition) is 5. The fourth-order valence-electron chi connectivity index (χ4n) is 5.44. The first-order valence-corrected chi connectivity index (χ1v) is 12.9. The Kier molecular flexibility index (Phi) is 5.97. The number of aldehydes is 1. The van der Waals surface area contributed by atoms with E-state index in [-0.39, 0.29) is 24.1 Å². The molecule has 2 heterocycles. The van der Waals surface area contributed by atoms with Gasteiger partial charge in [0, 0.05) is 23.0 Å². The van der Waals surface area contributed by atoms with Crippen molar-refractivity contribution in [3.8, 4) is 5.69 Å². The van der Waals surface area contributed by atoms with Gasteiger partial charge in [0.25, 0.3) is 0 Å². The number of nitrogens with zero attached hydrogens (tertiary/aromatic N) is 5. The van der Waals surface area contributed by atoms with Crippen LogP contribution in [0.15, 0.2) is 82.7 Å². The van der Waals surface area contributed by atoms with Gasteiger partial charge >= 0.3 is 5.69 Å². The molecule has 0 N–H and O–H groups in total. The maximum Gasteiger partial charge on any atom is 0.352 e. The molecule has 0 unspecified atom stereocenters. The van der Waals surface area contributed by atoms with E-state index in [9.17, 15) is 9.59 Å². The van der Waals surface area contributed by atoms with Crippen molar-refractivity contribution in [3.63, 3.8) is 0 Å². The minimum Gasteiger partial charge on any atom is -0.303 e. The van der Waals surface area contributed by atoms with E-state index in [1.54, 1.807) is 24.3 Å². The predicted molar refractivity (Wildman–Crippen MR) is 145 cm³/mol. The Balaban J connectivity index is 1.51. The number of aryl methyl sites for hydroxylation is 1. The zero-order valence-corrected chi connectivity index (χ0v) is 21.4. The maximum atomic E-state index is 13.5. The standard InChI is InChI=1S/C28H23Cl2N5O2/c29-21-8-6-20(7-9-21)25-28(15-14-19-4-1-2-5-24(19)28)18-34(31-25)26-32-35(23-12-10-22(30)11-13-23)27(37)33(26)16-3-17-36/h1-2,4-13,17H,3,14-16,18H2/t28-/m1/s1. The molecule has 1 spiro atoms. The monoisotopic (exact) mass is 531 g/mol. The Hall–Kier alpha value is -3.68. The molecule has 4 aromatic rings. The summed E-state index contributed by atoms with van der Waals surface area (Å²) < 4.78 is 2.85. The molecule has 1 atom stereocenters. The second-order valence-corrected chi connectivity index (χ2v) is 10.2. The lowest BCUT2D eigenvalue weighted by molar-refractivity contribution is -0.108. The lowest BCUT2D eigenvalue weighted by Gasteiger charge is -2.27. The Labute approximate surface area is 223 Å². The normalized spacial score (nSPS) is 18.3. The number of hydrazone groups is 1. The van der Waals surface area contributed by atoms with Crippen LogP contribution in [0.4, 0.5) is 5.95 Å². The van der Waals surface area contributed by atoms with Crippen LogP contribution < -0.4 is 10.7 Å². The summed E-state index contributed by atoms with van der Waals surface area (Å²) >= 11 is 12.3. The van der Waals surface area contributed by atoms with Gasteiger partial charge in [0.05, 0.1) is 23.4 Å². The summed E-state index contributed by atoms with van der Waals surface area (Å²) in [6.07, 6.45) is 2.82. The van der Waals surface area contributed by atoms with Gasteiger partial charge in [-0.15, -0.1) is 5.10 Å². The molecule has 0 amide bonds. The van der Waals surface area contributed by atoms with Gasteiger partial charge in [0.2, 0.25) is 5.95 Å². The van der Waals surface area contributed by atoms with Crippen LogP contribution in [-0.2, 0) is 23.2 Å². The Morgan fingerprint density at radius 1 is 0.946 bits per heavy atom. The summed E-state index contributed by atoms with van der Waals surface area (Å²) in [5.41, 5.74) is 4.32. The molecule has 1 aromatic heterocycles. The first-order chi connectivity index (χ1) is 18.0. The van der Waals surface area contributed by atoms with Crippen LogP contribution >= 0.6 is 23.2 Å². The van der Waals surface area contributed by atoms with Crippen LogP contribution in [-0.4, -0.2) is 32.9 Å². The highest BCUT2D eigenvalue weighted by atomic mass is 35.5. The second kappa shape index (κ2) is 9.32. The summed E-state index contributed by atoms with van der Waals surface area (Å²) in [6.45, 7) is 0.733. The number of hydrogen-bond donors (Lipinski definition) is 0. The minimum absolute atomic E-state index is 0.189. The van der Waals surface area contributed by atoms with Crippen LogP contribution in [0, 0.1) is 0 Å². The number of carbonyl (C=O) groups is 1. The summed E-state index contributed by atoms with van der Waals surface area (Å²) in [7, 11) is 0. The van der Waals surface area contributed by atoms with Crippen molar-refractivity contribution in [2.45, 2.75) is 31.2 Å². The third-order valence-electron chi connectivity index (χ3n) is 7.18. The Bertz CT molecular complexity index is 1570. The molecule has 37 heavy (non-hydrogen) atoms. The molecule has 0 radical (unpaired) electrons. The topological polar surface area (TPSA) is 72.5 Å². The van der Waals surface area contributed by atoms with Crippen LogP contribution in [0.1, 0.15) is 29.5 Å². The average molecular weight is 532 g/mol. The molecule has 6 rings (SSSR count). The van der Waals surface area contributed by atoms with E-state index in [0.717, 1.165) is 30.4 Å². The summed E-state index contributed by atoms with van der Waals surface area (Å²) in [4.78, 5) is 24.7. The quantitative estimate of drug-likeness (QED) is 0.327. The number of benzene rings is 3. The minimum atomic E-state index is -0.361. The molecule has 1 aliphatic carbocycles. The van der Waals surface area contributed by atoms with Gasteiger partial charge in [-0.1, -0.05) is 59.6 Å². The number of halogens is 2. The molecule has 0 bridgehead atoms. The van der Waals surface area contributed by atoms with Crippen LogP contribution in [0.2, 0.25) is 10.0 Å². The Morgan fingerprint density at radius 3 is 2.38 bits per heavy atom. The van der Waals surface area contributed by atoms with Gasteiger partial charge < -0.3 is 4.79 Å². The molecular formula is C28H23Cl2N5O2. The van der Waals surface area contributed by atoms with Crippen molar-refractivity contribution in [3.05, 3.63) is 110 Å². The smallest absolute Gasteiger partial charge is 0.303 e. The van der Waals surface area contributed by atoms with Gasteiger partial charge in [-0.25, -0.2) is 9.80 Å². The number of anilines is 1. The van der Waals surface area contributed by atoms with Crippen LogP contribution in [0.25, 0.3) is 5.69 Å². The van der Waals surface area contributed by atoms with E-state index in [0.29, 0.717) is 28.2 Å². The molecule has 0 saturated carbocycles. The fourth-order valence-corrected chi connectivity index (χ4v) is 5.69. The number of carbonyl (C=O) groups excluding carboxylic acids is 1. The second-order valence-electron chi connectivity index (χ2n) is 9.33. The first-order valence-electron chi connectivity index (χ1n) is 12.1. The lowest BCUT2D eigenvalue weighted by Crippen LogP contribution is -2.37. The van der Waals surface area contributed by atoms with Crippen molar-refractivity contribution >= 4 is 41.1 Å². The zero-order valence-electron chi connectivity index (χ0n) is 19.8. The third kappa shape index (κ3) is 3.99. The molecular weight excluding hydrogens is 509 g/mol. The molecule has 9 heteroatoms. The molecule has 1 aliphatic heterocycles. The molecule has 186 valence electrons. The molecule has 7 nitrogen and oxygen atoms in total. The van der Waals surface area contributed by atoms with Crippen molar-refractivity contribution < 1.29 is 4.79 Å². The van der Waals surface area contributed by atoms with Crippen molar-refractivity contribution in [1.82, 2.24) is 14.3 Å². The number of rotatable bonds is 6. The molecule has 2 aliphatic rings. The van der Waals surface area contributed by atoms with Gasteiger partial charge in [0.1, 0.15) is 6.29 Å². The molecule has 0 fully saturated rings.